The van der Waals surface area contributed by atoms with Crippen LogP contribution >= 0.6 is 11.3 Å². The number of carbonyl (C=O) groups excluding carboxylic acids is 1. The summed E-state index contributed by atoms with van der Waals surface area (Å²) in [5.41, 5.74) is 1.02. The molecule has 1 amide bonds. The van der Waals surface area contributed by atoms with Crippen molar-refractivity contribution < 1.29 is 9.18 Å². The van der Waals surface area contributed by atoms with E-state index in [0.717, 1.165) is 31.9 Å². The Balaban J connectivity index is 1.53. The van der Waals surface area contributed by atoms with Gasteiger partial charge in [0.15, 0.2) is 5.13 Å². The Labute approximate surface area is 138 Å². The zero-order valence-corrected chi connectivity index (χ0v) is 13.7. The van der Waals surface area contributed by atoms with Gasteiger partial charge in [-0.1, -0.05) is 0 Å². The first-order valence-electron chi connectivity index (χ1n) is 7.58. The summed E-state index contributed by atoms with van der Waals surface area (Å²) in [4.78, 5) is 20.7. The smallest absolute Gasteiger partial charge is 0.243 e. The molecule has 1 aromatic carbocycles. The molecule has 0 radical (unpaired) electrons. The zero-order valence-electron chi connectivity index (χ0n) is 12.9. The summed E-state index contributed by atoms with van der Waals surface area (Å²) in [6, 6.07) is 6.35. The van der Waals surface area contributed by atoms with Crippen molar-refractivity contribution in [2.45, 2.75) is 13.0 Å². The summed E-state index contributed by atoms with van der Waals surface area (Å²) >= 11 is 1.41. The molecule has 5 nitrogen and oxygen atoms in total. The summed E-state index contributed by atoms with van der Waals surface area (Å²) in [5.74, 6) is -0.255. The van der Waals surface area contributed by atoms with Crippen LogP contribution in [0, 0.1) is 5.82 Å². The van der Waals surface area contributed by atoms with Crippen molar-refractivity contribution in [1.29, 1.82) is 0 Å². The van der Waals surface area contributed by atoms with E-state index in [1.165, 1.54) is 23.5 Å². The van der Waals surface area contributed by atoms with E-state index in [-0.39, 0.29) is 17.8 Å². The quantitative estimate of drug-likeness (QED) is 0.933. The third-order valence-corrected chi connectivity index (χ3v) is 4.78. The SMILES string of the molecule is C[C@H](C(=O)Nc1nccs1)N1CCN(c2ccc(F)cc2)CC1. The van der Waals surface area contributed by atoms with E-state index in [9.17, 15) is 9.18 Å². The first-order chi connectivity index (χ1) is 11.1. The molecule has 1 saturated heterocycles. The van der Waals surface area contributed by atoms with Crippen LogP contribution in [0.2, 0.25) is 0 Å². The van der Waals surface area contributed by atoms with Crippen molar-refractivity contribution in [3.63, 3.8) is 0 Å². The van der Waals surface area contributed by atoms with Gasteiger partial charge in [0.2, 0.25) is 5.91 Å². The van der Waals surface area contributed by atoms with E-state index < -0.39 is 0 Å². The molecule has 7 heteroatoms. The fraction of sp³-hybridized carbons (Fsp3) is 0.375. The maximum atomic E-state index is 13.0. The van der Waals surface area contributed by atoms with Crippen LogP contribution in [0.3, 0.4) is 0 Å². The number of hydrogen-bond acceptors (Lipinski definition) is 5. The maximum Gasteiger partial charge on any atom is 0.243 e. The van der Waals surface area contributed by atoms with Crippen molar-refractivity contribution in [3.8, 4) is 0 Å². The van der Waals surface area contributed by atoms with Gasteiger partial charge in [-0.25, -0.2) is 9.37 Å². The van der Waals surface area contributed by atoms with Gasteiger partial charge in [-0.05, 0) is 31.2 Å². The molecule has 1 aromatic heterocycles. The molecule has 0 saturated carbocycles. The van der Waals surface area contributed by atoms with Gasteiger partial charge in [0, 0.05) is 43.4 Å². The van der Waals surface area contributed by atoms with E-state index in [0.29, 0.717) is 5.13 Å². The first kappa shape index (κ1) is 15.9. The van der Waals surface area contributed by atoms with Gasteiger partial charge in [0.25, 0.3) is 0 Å². The Morgan fingerprint density at radius 2 is 1.96 bits per heavy atom. The number of carbonyl (C=O) groups is 1. The van der Waals surface area contributed by atoms with Gasteiger partial charge in [-0.15, -0.1) is 11.3 Å². The van der Waals surface area contributed by atoms with Gasteiger partial charge in [0.1, 0.15) is 5.82 Å². The molecule has 1 atom stereocenters. The highest BCUT2D eigenvalue weighted by Gasteiger charge is 2.26. The van der Waals surface area contributed by atoms with Crippen LogP contribution in [0.5, 0.6) is 0 Å². The number of piperazine rings is 1. The Kier molecular flexibility index (Phi) is 4.88. The van der Waals surface area contributed by atoms with Crippen molar-refractivity contribution in [1.82, 2.24) is 9.88 Å². The second kappa shape index (κ2) is 7.06. The summed E-state index contributed by atoms with van der Waals surface area (Å²) in [5, 5.41) is 5.31. The Bertz CT molecular complexity index is 639. The van der Waals surface area contributed by atoms with Crippen molar-refractivity contribution >= 4 is 28.1 Å². The number of rotatable bonds is 4. The lowest BCUT2D eigenvalue weighted by molar-refractivity contribution is -0.120. The molecule has 0 aliphatic carbocycles. The minimum absolute atomic E-state index is 0.0322. The Hall–Kier alpha value is -1.99. The van der Waals surface area contributed by atoms with Crippen molar-refractivity contribution in [2.75, 3.05) is 36.4 Å². The van der Waals surface area contributed by atoms with E-state index >= 15 is 0 Å². The number of anilines is 2. The van der Waals surface area contributed by atoms with Crippen molar-refractivity contribution in [3.05, 3.63) is 41.7 Å². The molecular weight excluding hydrogens is 315 g/mol. The van der Waals surface area contributed by atoms with E-state index in [4.69, 9.17) is 0 Å². The molecule has 1 aliphatic heterocycles. The second-order valence-electron chi connectivity index (χ2n) is 5.50. The summed E-state index contributed by atoms with van der Waals surface area (Å²) in [6.07, 6.45) is 1.67. The molecule has 122 valence electrons. The van der Waals surface area contributed by atoms with Crippen LogP contribution in [0.25, 0.3) is 0 Å². The number of benzene rings is 1. The van der Waals surface area contributed by atoms with Crippen LogP contribution in [0.1, 0.15) is 6.92 Å². The number of thiazole rings is 1. The van der Waals surface area contributed by atoms with Crippen LogP contribution in [-0.4, -0.2) is 48.0 Å². The van der Waals surface area contributed by atoms with E-state index in [1.807, 2.05) is 12.3 Å². The highest BCUT2D eigenvalue weighted by Crippen LogP contribution is 2.18. The normalized spacial score (nSPS) is 17.0. The molecular formula is C16H19FN4OS. The number of aromatic nitrogens is 1. The highest BCUT2D eigenvalue weighted by atomic mass is 32.1. The fourth-order valence-corrected chi connectivity index (χ4v) is 3.21. The lowest BCUT2D eigenvalue weighted by Crippen LogP contribution is -2.52. The summed E-state index contributed by atoms with van der Waals surface area (Å²) in [7, 11) is 0. The third kappa shape index (κ3) is 3.86. The highest BCUT2D eigenvalue weighted by molar-refractivity contribution is 7.13. The average molecular weight is 334 g/mol. The predicted molar refractivity (Wildman–Crippen MR) is 90.4 cm³/mol. The molecule has 3 rings (SSSR count). The van der Waals surface area contributed by atoms with Gasteiger partial charge < -0.3 is 10.2 Å². The minimum atomic E-state index is -0.222. The number of halogens is 1. The molecule has 0 spiro atoms. The van der Waals surface area contributed by atoms with Crippen molar-refractivity contribution in [2.24, 2.45) is 0 Å². The standard InChI is InChI=1S/C16H19FN4OS/c1-12(15(22)19-16-18-6-11-23-16)20-7-9-21(10-8-20)14-4-2-13(17)3-5-14/h2-6,11-12H,7-10H2,1H3,(H,18,19,22)/t12-/m1/s1. The predicted octanol–water partition coefficient (Wildman–Crippen LogP) is 2.43. The fourth-order valence-electron chi connectivity index (χ4n) is 2.68. The van der Waals surface area contributed by atoms with Crippen LogP contribution < -0.4 is 10.2 Å². The van der Waals surface area contributed by atoms with E-state index in [2.05, 4.69) is 20.1 Å². The van der Waals surface area contributed by atoms with E-state index in [1.54, 1.807) is 18.3 Å². The van der Waals surface area contributed by atoms with Crippen LogP contribution in [0.15, 0.2) is 35.8 Å². The minimum Gasteiger partial charge on any atom is -0.369 e. The number of nitrogens with one attached hydrogen (secondary N) is 1. The lowest BCUT2D eigenvalue weighted by Gasteiger charge is -2.38. The monoisotopic (exact) mass is 334 g/mol. The average Bonchev–Trinajstić information content (AvgIpc) is 3.08. The van der Waals surface area contributed by atoms with Gasteiger partial charge >= 0.3 is 0 Å². The molecule has 2 heterocycles. The first-order valence-corrected chi connectivity index (χ1v) is 8.46. The third-order valence-electron chi connectivity index (χ3n) is 4.10. The Morgan fingerprint density at radius 1 is 1.26 bits per heavy atom. The molecule has 0 bridgehead atoms. The second-order valence-corrected chi connectivity index (χ2v) is 6.40. The van der Waals surface area contributed by atoms with Gasteiger partial charge in [-0.2, -0.15) is 0 Å². The number of hydrogen-bond donors (Lipinski definition) is 1. The molecule has 1 aliphatic rings. The topological polar surface area (TPSA) is 48.5 Å². The van der Waals surface area contributed by atoms with Crippen LogP contribution in [-0.2, 0) is 4.79 Å². The molecule has 23 heavy (non-hydrogen) atoms. The molecule has 1 fully saturated rings. The number of amides is 1. The Morgan fingerprint density at radius 3 is 2.57 bits per heavy atom. The summed E-state index contributed by atoms with van der Waals surface area (Å²) < 4.78 is 13.0. The molecule has 0 unspecified atom stereocenters. The van der Waals surface area contributed by atoms with Gasteiger partial charge in [-0.3, -0.25) is 9.69 Å². The molecule has 2 aromatic rings. The zero-order chi connectivity index (χ0) is 16.2. The maximum absolute atomic E-state index is 13.0. The van der Waals surface area contributed by atoms with Gasteiger partial charge in [0.05, 0.1) is 6.04 Å². The largest absolute Gasteiger partial charge is 0.369 e. The lowest BCUT2D eigenvalue weighted by atomic mass is 10.2. The van der Waals surface area contributed by atoms with Crippen LogP contribution in [0.4, 0.5) is 15.2 Å². The molecule has 1 N–H and O–H groups in total. The summed E-state index contributed by atoms with van der Waals surface area (Å²) in [6.45, 7) is 5.14. The number of nitrogens with zero attached hydrogens (tertiary/aromatic N) is 3.